The number of carboxylic acids is 1. The van der Waals surface area contributed by atoms with E-state index in [-0.39, 0.29) is 12.0 Å². The zero-order valence-electron chi connectivity index (χ0n) is 16.5. The molecule has 0 spiro atoms. The van der Waals surface area contributed by atoms with E-state index in [0.29, 0.717) is 29.0 Å². The van der Waals surface area contributed by atoms with Gasteiger partial charge in [-0.2, -0.15) is 0 Å². The molecule has 2 aromatic rings. The summed E-state index contributed by atoms with van der Waals surface area (Å²) >= 11 is 1.23. The number of carbonyl (C=O) groups is 3. The Hall–Kier alpha value is -2.67. The van der Waals surface area contributed by atoms with Crippen LogP contribution in [0.25, 0.3) is 11.1 Å². The second kappa shape index (κ2) is 9.22. The van der Waals surface area contributed by atoms with Gasteiger partial charge in [0, 0.05) is 28.7 Å². The molecular weight excluding hydrogens is 390 g/mol. The highest BCUT2D eigenvalue weighted by atomic mass is 32.1. The molecule has 1 amide bonds. The number of thiophene rings is 1. The van der Waals surface area contributed by atoms with Gasteiger partial charge in [-0.15, -0.1) is 11.3 Å². The number of carbonyl (C=O) groups excluding carboxylic acids is 3. The van der Waals surface area contributed by atoms with E-state index in [2.05, 4.69) is 5.32 Å². The van der Waals surface area contributed by atoms with Gasteiger partial charge >= 0.3 is 5.97 Å². The molecule has 1 aromatic carbocycles. The molecule has 1 aromatic heterocycles. The minimum absolute atomic E-state index is 0.295. The number of amides is 1. The Morgan fingerprint density at radius 1 is 1.10 bits per heavy atom. The molecule has 1 heterocycles. The second-order valence-electron chi connectivity index (χ2n) is 7.48. The predicted octanol–water partition coefficient (Wildman–Crippen LogP) is 3.48. The summed E-state index contributed by atoms with van der Waals surface area (Å²) in [5.74, 6) is -3.57. The quantitative estimate of drug-likeness (QED) is 0.730. The van der Waals surface area contributed by atoms with Gasteiger partial charge in [0.05, 0.1) is 6.10 Å². The SMILES string of the molecule is CC(C)OC(=O)c1c(-c2ccccc2)csc1NC(=O)[C@H]1CCCC[C@@H]1C(=O)[O-]. The molecule has 0 unspecified atom stereocenters. The van der Waals surface area contributed by atoms with Gasteiger partial charge in [0.25, 0.3) is 0 Å². The molecular formula is C22H24NO5S-. The van der Waals surface area contributed by atoms with Gasteiger partial charge in [0.2, 0.25) is 5.91 Å². The number of hydrogen-bond acceptors (Lipinski definition) is 6. The highest BCUT2D eigenvalue weighted by Crippen LogP contribution is 2.38. The summed E-state index contributed by atoms with van der Waals surface area (Å²) < 4.78 is 5.40. The van der Waals surface area contributed by atoms with Crippen LogP contribution in [-0.4, -0.2) is 23.9 Å². The maximum absolute atomic E-state index is 12.9. The van der Waals surface area contributed by atoms with Crippen LogP contribution >= 0.6 is 11.3 Å². The van der Waals surface area contributed by atoms with Crippen LogP contribution in [-0.2, 0) is 14.3 Å². The van der Waals surface area contributed by atoms with Crippen molar-refractivity contribution < 1.29 is 24.2 Å². The predicted molar refractivity (Wildman–Crippen MR) is 109 cm³/mol. The Balaban J connectivity index is 1.92. The molecule has 6 nitrogen and oxygen atoms in total. The molecule has 0 radical (unpaired) electrons. The van der Waals surface area contributed by atoms with E-state index in [9.17, 15) is 19.5 Å². The number of aliphatic carboxylic acids is 1. The third kappa shape index (κ3) is 4.85. The monoisotopic (exact) mass is 414 g/mol. The molecule has 1 aliphatic rings. The van der Waals surface area contributed by atoms with Crippen molar-refractivity contribution in [3.05, 3.63) is 41.3 Å². The molecule has 1 fully saturated rings. The largest absolute Gasteiger partial charge is 0.550 e. The molecule has 0 saturated heterocycles. The van der Waals surface area contributed by atoms with Crippen molar-refractivity contribution in [3.63, 3.8) is 0 Å². The Morgan fingerprint density at radius 2 is 1.76 bits per heavy atom. The Bertz CT molecular complexity index is 890. The summed E-state index contributed by atoms with van der Waals surface area (Å²) in [6, 6.07) is 9.39. The van der Waals surface area contributed by atoms with Crippen molar-refractivity contribution in [2.45, 2.75) is 45.6 Å². The number of rotatable bonds is 6. The van der Waals surface area contributed by atoms with Crippen LogP contribution in [0.1, 0.15) is 49.9 Å². The fraction of sp³-hybridized carbons (Fsp3) is 0.409. The summed E-state index contributed by atoms with van der Waals surface area (Å²) in [6.45, 7) is 3.52. The number of nitrogens with one attached hydrogen (secondary N) is 1. The summed E-state index contributed by atoms with van der Waals surface area (Å²) in [7, 11) is 0. The zero-order chi connectivity index (χ0) is 21.0. The average molecular weight is 415 g/mol. The van der Waals surface area contributed by atoms with E-state index in [1.54, 1.807) is 19.2 Å². The number of hydrogen-bond donors (Lipinski definition) is 1. The van der Waals surface area contributed by atoms with Crippen LogP contribution < -0.4 is 10.4 Å². The molecule has 3 rings (SSSR count). The van der Waals surface area contributed by atoms with Gasteiger partial charge < -0.3 is 20.0 Å². The maximum Gasteiger partial charge on any atom is 0.342 e. The lowest BCUT2D eigenvalue weighted by atomic mass is 9.79. The van der Waals surface area contributed by atoms with E-state index in [1.165, 1.54) is 11.3 Å². The molecule has 0 bridgehead atoms. The Labute approximate surface area is 173 Å². The van der Waals surface area contributed by atoms with Gasteiger partial charge in [-0.3, -0.25) is 4.79 Å². The van der Waals surface area contributed by atoms with Crippen molar-refractivity contribution in [1.82, 2.24) is 0 Å². The van der Waals surface area contributed by atoms with E-state index < -0.39 is 23.8 Å². The Kier molecular flexibility index (Phi) is 6.69. The van der Waals surface area contributed by atoms with Crippen LogP contribution in [0, 0.1) is 11.8 Å². The van der Waals surface area contributed by atoms with Crippen molar-refractivity contribution in [2.24, 2.45) is 11.8 Å². The molecule has 1 saturated carbocycles. The first kappa shape index (κ1) is 21.0. The van der Waals surface area contributed by atoms with Crippen molar-refractivity contribution in [3.8, 4) is 11.1 Å². The van der Waals surface area contributed by atoms with Crippen LogP contribution in [0.15, 0.2) is 35.7 Å². The molecule has 2 atom stereocenters. The van der Waals surface area contributed by atoms with Crippen molar-refractivity contribution in [1.29, 1.82) is 0 Å². The summed E-state index contributed by atoms with van der Waals surface area (Å²) in [5.41, 5.74) is 1.81. The summed E-state index contributed by atoms with van der Waals surface area (Å²) in [4.78, 5) is 37.1. The van der Waals surface area contributed by atoms with Gasteiger partial charge in [-0.05, 0) is 32.3 Å². The third-order valence-electron chi connectivity index (χ3n) is 5.06. The lowest BCUT2D eigenvalue weighted by molar-refractivity contribution is -0.313. The first-order chi connectivity index (χ1) is 13.9. The average Bonchev–Trinajstić information content (AvgIpc) is 3.11. The van der Waals surface area contributed by atoms with Crippen molar-refractivity contribution in [2.75, 3.05) is 5.32 Å². The van der Waals surface area contributed by atoms with Crippen LogP contribution in [0.3, 0.4) is 0 Å². The fourth-order valence-corrected chi connectivity index (χ4v) is 4.65. The maximum atomic E-state index is 12.9. The van der Waals surface area contributed by atoms with E-state index in [0.717, 1.165) is 18.4 Å². The van der Waals surface area contributed by atoms with Gasteiger partial charge in [0.1, 0.15) is 10.6 Å². The lowest BCUT2D eigenvalue weighted by Gasteiger charge is -2.31. The fourth-order valence-electron chi connectivity index (χ4n) is 3.69. The van der Waals surface area contributed by atoms with Crippen molar-refractivity contribution >= 4 is 34.2 Å². The standard InChI is InChI=1S/C22H25NO5S/c1-13(2)28-22(27)18-17(14-8-4-3-5-9-14)12-29-20(18)23-19(24)15-10-6-7-11-16(15)21(25)26/h3-5,8-9,12-13,15-16H,6-7,10-11H2,1-2H3,(H,23,24)(H,25,26)/p-1/t15-,16-/m0/s1. The van der Waals surface area contributed by atoms with Gasteiger partial charge in [0.15, 0.2) is 0 Å². The van der Waals surface area contributed by atoms with Crippen LogP contribution in [0.2, 0.25) is 0 Å². The molecule has 29 heavy (non-hydrogen) atoms. The first-order valence-electron chi connectivity index (χ1n) is 9.78. The zero-order valence-corrected chi connectivity index (χ0v) is 17.3. The molecule has 154 valence electrons. The topological polar surface area (TPSA) is 95.5 Å². The number of anilines is 1. The van der Waals surface area contributed by atoms with Gasteiger partial charge in [-0.1, -0.05) is 43.2 Å². The number of ether oxygens (including phenoxy) is 1. The molecule has 1 N–H and O–H groups in total. The highest BCUT2D eigenvalue weighted by molar-refractivity contribution is 7.15. The minimum Gasteiger partial charge on any atom is -0.550 e. The number of esters is 1. The lowest BCUT2D eigenvalue weighted by Crippen LogP contribution is -2.42. The van der Waals surface area contributed by atoms with E-state index in [1.807, 2.05) is 30.3 Å². The van der Waals surface area contributed by atoms with Gasteiger partial charge in [-0.25, -0.2) is 4.79 Å². The van der Waals surface area contributed by atoms with E-state index >= 15 is 0 Å². The second-order valence-corrected chi connectivity index (χ2v) is 8.36. The van der Waals surface area contributed by atoms with Crippen LogP contribution in [0.4, 0.5) is 5.00 Å². The van der Waals surface area contributed by atoms with Crippen LogP contribution in [0.5, 0.6) is 0 Å². The summed E-state index contributed by atoms with van der Waals surface area (Å²) in [6.07, 6.45) is 2.18. The molecule has 1 aliphatic carbocycles. The smallest absolute Gasteiger partial charge is 0.342 e. The molecule has 0 aliphatic heterocycles. The number of carboxylic acid groups (broad SMARTS) is 1. The highest BCUT2D eigenvalue weighted by Gasteiger charge is 2.33. The normalized spacial score (nSPS) is 19.0. The Morgan fingerprint density at radius 3 is 2.38 bits per heavy atom. The number of benzene rings is 1. The van der Waals surface area contributed by atoms with E-state index in [4.69, 9.17) is 4.74 Å². The third-order valence-corrected chi connectivity index (χ3v) is 5.96. The summed E-state index contributed by atoms with van der Waals surface area (Å²) in [5, 5.41) is 16.4. The minimum atomic E-state index is -1.19. The first-order valence-corrected chi connectivity index (χ1v) is 10.7. The molecule has 7 heteroatoms.